The van der Waals surface area contributed by atoms with Crippen molar-refractivity contribution < 1.29 is 13.2 Å². The fourth-order valence-electron chi connectivity index (χ4n) is 4.33. The van der Waals surface area contributed by atoms with Gasteiger partial charge < -0.3 is 9.72 Å². The first-order chi connectivity index (χ1) is 16.8. The van der Waals surface area contributed by atoms with Crippen LogP contribution in [-0.4, -0.2) is 57.9 Å². The van der Waals surface area contributed by atoms with E-state index in [1.807, 2.05) is 31.2 Å². The number of fused-ring (bicyclic) bond motifs is 1. The fourth-order valence-corrected chi connectivity index (χ4v) is 5.85. The zero-order valence-electron chi connectivity index (χ0n) is 19.5. The minimum absolute atomic E-state index is 0.166. The van der Waals surface area contributed by atoms with Crippen LogP contribution in [0.4, 0.5) is 0 Å². The highest BCUT2D eigenvalue weighted by Gasteiger charge is 2.32. The molecule has 0 radical (unpaired) electrons. The van der Waals surface area contributed by atoms with Crippen LogP contribution in [0.5, 0.6) is 5.75 Å². The normalized spacial score (nSPS) is 17.0. The molecule has 11 heteroatoms. The van der Waals surface area contributed by atoms with E-state index in [1.165, 1.54) is 11.4 Å². The number of benzene rings is 2. The summed E-state index contributed by atoms with van der Waals surface area (Å²) in [6, 6.07) is 14.4. The molecule has 2 aromatic carbocycles. The van der Waals surface area contributed by atoms with Gasteiger partial charge in [-0.25, -0.2) is 18.1 Å². The number of ether oxygens (including phenoxy) is 1. The molecule has 0 amide bonds. The molecule has 2 aromatic heterocycles. The van der Waals surface area contributed by atoms with E-state index in [0.717, 1.165) is 11.1 Å². The molecule has 1 fully saturated rings. The van der Waals surface area contributed by atoms with Gasteiger partial charge >= 0.3 is 0 Å². The van der Waals surface area contributed by atoms with E-state index in [-0.39, 0.29) is 28.4 Å². The zero-order valence-corrected chi connectivity index (χ0v) is 20.3. The van der Waals surface area contributed by atoms with Gasteiger partial charge in [0.25, 0.3) is 5.56 Å². The first-order valence-electron chi connectivity index (χ1n) is 11.4. The number of methoxy groups -OCH3 is 1. The van der Waals surface area contributed by atoms with E-state index in [9.17, 15) is 13.2 Å². The molecule has 3 heterocycles. The Hall–Kier alpha value is -3.57. The van der Waals surface area contributed by atoms with Crippen molar-refractivity contribution in [3.8, 4) is 5.75 Å². The molecule has 1 N–H and O–H groups in total. The third-order valence-corrected chi connectivity index (χ3v) is 8.19. The minimum Gasteiger partial charge on any atom is -0.497 e. The van der Waals surface area contributed by atoms with Crippen molar-refractivity contribution >= 4 is 21.2 Å². The Kier molecular flexibility index (Phi) is 6.12. The third-order valence-electron chi connectivity index (χ3n) is 6.31. The Labute approximate surface area is 202 Å². The Balaban J connectivity index is 1.43. The maximum Gasteiger partial charge on any atom is 0.281 e. The van der Waals surface area contributed by atoms with Gasteiger partial charge in [-0.15, -0.1) is 5.10 Å². The van der Waals surface area contributed by atoms with Gasteiger partial charge in [0, 0.05) is 19.0 Å². The third kappa shape index (κ3) is 4.56. The number of aromatic amines is 1. The quantitative estimate of drug-likeness (QED) is 0.437. The summed E-state index contributed by atoms with van der Waals surface area (Å²) in [5.41, 5.74) is 2.34. The van der Waals surface area contributed by atoms with Gasteiger partial charge in [0.1, 0.15) is 11.6 Å². The Morgan fingerprint density at radius 2 is 1.86 bits per heavy atom. The molecule has 4 aromatic rings. The lowest BCUT2D eigenvalue weighted by atomic mass is 9.99. The summed E-state index contributed by atoms with van der Waals surface area (Å²) in [6.07, 6.45) is 1.37. The SMILES string of the molecule is COc1ccc(S(=O)(=O)N2CCCC(c3nc4c(nnn4Cc4ccc(C)cc4)c(=O)[nH]3)C2)cc1. The van der Waals surface area contributed by atoms with E-state index in [4.69, 9.17) is 4.74 Å². The van der Waals surface area contributed by atoms with Crippen LogP contribution in [0.2, 0.25) is 0 Å². The number of aromatic nitrogens is 5. The lowest BCUT2D eigenvalue weighted by molar-refractivity contribution is 0.309. The molecule has 10 nitrogen and oxygen atoms in total. The predicted molar refractivity (Wildman–Crippen MR) is 130 cm³/mol. The molecule has 5 rings (SSSR count). The molecule has 1 saturated heterocycles. The monoisotopic (exact) mass is 494 g/mol. The molecule has 0 spiro atoms. The Morgan fingerprint density at radius 1 is 1.11 bits per heavy atom. The molecule has 1 unspecified atom stereocenters. The second kappa shape index (κ2) is 9.23. The first kappa shape index (κ1) is 23.2. The smallest absolute Gasteiger partial charge is 0.281 e. The van der Waals surface area contributed by atoms with Crippen LogP contribution in [0.15, 0.2) is 58.2 Å². The highest BCUT2D eigenvalue weighted by Crippen LogP contribution is 2.29. The van der Waals surface area contributed by atoms with Crippen LogP contribution < -0.4 is 10.3 Å². The van der Waals surface area contributed by atoms with E-state index in [1.54, 1.807) is 28.9 Å². The van der Waals surface area contributed by atoms with Crippen molar-refractivity contribution in [1.82, 2.24) is 29.3 Å². The molecule has 1 aliphatic rings. The molecule has 182 valence electrons. The van der Waals surface area contributed by atoms with Crippen molar-refractivity contribution in [2.45, 2.75) is 37.1 Å². The second-order valence-corrected chi connectivity index (χ2v) is 10.7. The van der Waals surface area contributed by atoms with Crippen LogP contribution >= 0.6 is 0 Å². The summed E-state index contributed by atoms with van der Waals surface area (Å²) in [5, 5.41) is 8.15. The summed E-state index contributed by atoms with van der Waals surface area (Å²) in [5.74, 6) is 0.785. The zero-order chi connectivity index (χ0) is 24.6. The fraction of sp³-hybridized carbons (Fsp3) is 0.333. The highest BCUT2D eigenvalue weighted by atomic mass is 32.2. The molecule has 0 aliphatic carbocycles. The van der Waals surface area contributed by atoms with Gasteiger partial charge in [-0.3, -0.25) is 4.79 Å². The van der Waals surface area contributed by atoms with Gasteiger partial charge in [0.2, 0.25) is 10.0 Å². The summed E-state index contributed by atoms with van der Waals surface area (Å²) in [6.45, 7) is 3.08. The van der Waals surface area contributed by atoms with Crippen molar-refractivity contribution in [2.75, 3.05) is 20.2 Å². The summed E-state index contributed by atoms with van der Waals surface area (Å²) >= 11 is 0. The predicted octanol–water partition coefficient (Wildman–Crippen LogP) is 2.45. The number of sulfonamides is 1. The van der Waals surface area contributed by atoms with Crippen LogP contribution in [0, 0.1) is 6.92 Å². The average Bonchev–Trinajstić information content (AvgIpc) is 3.28. The standard InChI is InChI=1S/C24H26N6O4S/c1-16-5-7-17(8-6-16)14-30-23-21(27-28-30)24(31)26-22(25-23)18-4-3-13-29(15-18)35(32,33)20-11-9-19(34-2)10-12-20/h5-12,18H,3-4,13-15H2,1-2H3,(H,25,26,31). The number of rotatable bonds is 6. The summed E-state index contributed by atoms with van der Waals surface area (Å²) in [7, 11) is -2.16. The van der Waals surface area contributed by atoms with Crippen LogP contribution in [0.3, 0.4) is 0 Å². The van der Waals surface area contributed by atoms with Crippen LogP contribution in [-0.2, 0) is 16.6 Å². The summed E-state index contributed by atoms with van der Waals surface area (Å²) < 4.78 is 34.7. The Morgan fingerprint density at radius 3 is 2.57 bits per heavy atom. The lowest BCUT2D eigenvalue weighted by Crippen LogP contribution is -2.39. The molecular formula is C24H26N6O4S. The lowest BCUT2D eigenvalue weighted by Gasteiger charge is -2.31. The molecule has 1 aliphatic heterocycles. The number of hydrogen-bond acceptors (Lipinski definition) is 7. The molecule has 0 saturated carbocycles. The highest BCUT2D eigenvalue weighted by molar-refractivity contribution is 7.89. The Bertz CT molecular complexity index is 1510. The maximum absolute atomic E-state index is 13.3. The van der Waals surface area contributed by atoms with Crippen LogP contribution in [0.1, 0.15) is 35.7 Å². The van der Waals surface area contributed by atoms with Gasteiger partial charge in [0.15, 0.2) is 11.2 Å². The largest absolute Gasteiger partial charge is 0.497 e. The number of hydrogen-bond donors (Lipinski definition) is 1. The molecule has 1 atom stereocenters. The number of H-pyrrole nitrogens is 1. The van der Waals surface area contributed by atoms with Crippen molar-refractivity contribution in [3.05, 3.63) is 75.8 Å². The molecule has 0 bridgehead atoms. The number of nitrogens with one attached hydrogen (secondary N) is 1. The molecular weight excluding hydrogens is 468 g/mol. The second-order valence-electron chi connectivity index (χ2n) is 8.73. The van der Waals surface area contributed by atoms with E-state index in [2.05, 4.69) is 20.3 Å². The number of nitrogens with zero attached hydrogens (tertiary/aromatic N) is 5. The summed E-state index contributed by atoms with van der Waals surface area (Å²) in [4.78, 5) is 20.5. The topological polar surface area (TPSA) is 123 Å². The average molecular weight is 495 g/mol. The maximum atomic E-state index is 13.3. The van der Waals surface area contributed by atoms with E-state index in [0.29, 0.717) is 43.2 Å². The van der Waals surface area contributed by atoms with Crippen molar-refractivity contribution in [1.29, 1.82) is 0 Å². The number of aryl methyl sites for hydroxylation is 1. The van der Waals surface area contributed by atoms with Gasteiger partial charge in [-0.2, -0.15) is 4.31 Å². The molecule has 35 heavy (non-hydrogen) atoms. The van der Waals surface area contributed by atoms with E-state index >= 15 is 0 Å². The van der Waals surface area contributed by atoms with Gasteiger partial charge in [-0.05, 0) is 49.6 Å². The van der Waals surface area contributed by atoms with Crippen LogP contribution in [0.25, 0.3) is 11.2 Å². The minimum atomic E-state index is -3.69. The van der Waals surface area contributed by atoms with Crippen molar-refractivity contribution in [3.63, 3.8) is 0 Å². The van der Waals surface area contributed by atoms with Crippen molar-refractivity contribution in [2.24, 2.45) is 0 Å². The van der Waals surface area contributed by atoms with E-state index < -0.39 is 10.0 Å². The van der Waals surface area contributed by atoms with Gasteiger partial charge in [-0.1, -0.05) is 35.0 Å². The first-order valence-corrected chi connectivity index (χ1v) is 12.8. The number of piperidine rings is 1. The van der Waals surface area contributed by atoms with Gasteiger partial charge in [0.05, 0.1) is 18.6 Å².